The highest BCUT2D eigenvalue weighted by molar-refractivity contribution is 7.17. The highest BCUT2D eigenvalue weighted by Gasteiger charge is 2.24. The fourth-order valence-corrected chi connectivity index (χ4v) is 3.29. The van der Waals surface area contributed by atoms with Crippen LogP contribution in [-0.2, 0) is 6.42 Å². The molecule has 4 heteroatoms. The molecule has 0 amide bonds. The van der Waals surface area contributed by atoms with Gasteiger partial charge in [0.1, 0.15) is 0 Å². The molecule has 0 saturated carbocycles. The van der Waals surface area contributed by atoms with Gasteiger partial charge < -0.3 is 4.90 Å². The van der Waals surface area contributed by atoms with Crippen molar-refractivity contribution in [1.29, 1.82) is 0 Å². The number of nitrogens with zero attached hydrogens (tertiary/aromatic N) is 2. The summed E-state index contributed by atoms with van der Waals surface area (Å²) < 4.78 is 0. The van der Waals surface area contributed by atoms with Crippen molar-refractivity contribution in [2.45, 2.75) is 39.5 Å². The van der Waals surface area contributed by atoms with Crippen molar-refractivity contribution in [2.24, 2.45) is 5.92 Å². The molecule has 17 heavy (non-hydrogen) atoms. The van der Waals surface area contributed by atoms with Crippen LogP contribution in [0.3, 0.4) is 0 Å². The van der Waals surface area contributed by atoms with Crippen molar-refractivity contribution >= 4 is 22.8 Å². The largest absolute Gasteiger partial charge is 0.348 e. The van der Waals surface area contributed by atoms with Gasteiger partial charge >= 0.3 is 0 Å². The second-order valence-corrected chi connectivity index (χ2v) is 5.69. The molecule has 0 spiro atoms. The molecule has 1 unspecified atom stereocenters. The molecule has 3 nitrogen and oxygen atoms in total. The van der Waals surface area contributed by atoms with Gasteiger partial charge in [0.2, 0.25) is 0 Å². The van der Waals surface area contributed by atoms with E-state index in [2.05, 4.69) is 23.7 Å². The second kappa shape index (κ2) is 5.63. The lowest BCUT2D eigenvalue weighted by atomic mass is 10.1. The summed E-state index contributed by atoms with van der Waals surface area (Å²) in [7, 11) is 0. The Balaban J connectivity index is 2.13. The van der Waals surface area contributed by atoms with E-state index >= 15 is 0 Å². The molecule has 0 aliphatic carbocycles. The van der Waals surface area contributed by atoms with Gasteiger partial charge in [-0.1, -0.05) is 38.0 Å². The number of hydrogen-bond donors (Lipinski definition) is 0. The van der Waals surface area contributed by atoms with E-state index in [0.717, 1.165) is 53.8 Å². The maximum atomic E-state index is 11.0. The number of aldehydes is 1. The molecule has 0 radical (unpaired) electrons. The quantitative estimate of drug-likeness (QED) is 0.755. The number of aryl methyl sites for hydroxylation is 1. The number of carbonyl (C=O) groups excluding carboxylic acids is 1. The molecule has 1 aromatic rings. The smallest absolute Gasteiger partial charge is 0.186 e. The number of rotatable bonds is 5. The van der Waals surface area contributed by atoms with Gasteiger partial charge in [-0.3, -0.25) is 4.79 Å². The molecule has 2 heterocycles. The maximum Gasteiger partial charge on any atom is 0.186 e. The number of anilines is 1. The molecule has 1 atom stereocenters. The summed E-state index contributed by atoms with van der Waals surface area (Å²) in [5.41, 5.74) is 0.988. The van der Waals surface area contributed by atoms with Crippen molar-refractivity contribution in [1.82, 2.24) is 4.98 Å². The Hall–Kier alpha value is -0.900. The Labute approximate surface area is 107 Å². The third kappa shape index (κ3) is 2.68. The van der Waals surface area contributed by atoms with Gasteiger partial charge in [0.15, 0.2) is 11.4 Å². The SMILES string of the molecule is CCCc1nc(N2CCC(CC)C2)sc1C=O. The van der Waals surface area contributed by atoms with Crippen molar-refractivity contribution in [3.05, 3.63) is 10.6 Å². The Bertz CT molecular complexity index is 389. The zero-order valence-electron chi connectivity index (χ0n) is 10.6. The second-order valence-electron chi connectivity index (χ2n) is 4.68. The van der Waals surface area contributed by atoms with Gasteiger partial charge in [0.25, 0.3) is 0 Å². The molecule has 94 valence electrons. The van der Waals surface area contributed by atoms with E-state index in [1.807, 2.05) is 0 Å². The van der Waals surface area contributed by atoms with Crippen LogP contribution in [0.5, 0.6) is 0 Å². The molecule has 1 aliphatic heterocycles. The number of carbonyl (C=O) groups is 1. The van der Waals surface area contributed by atoms with E-state index in [1.165, 1.54) is 12.8 Å². The Morgan fingerprint density at radius 3 is 2.94 bits per heavy atom. The minimum atomic E-state index is 0.799. The lowest BCUT2D eigenvalue weighted by Gasteiger charge is -2.13. The average molecular weight is 252 g/mol. The molecule has 0 N–H and O–H groups in total. The molecule has 1 aliphatic rings. The van der Waals surface area contributed by atoms with Crippen molar-refractivity contribution in [3.63, 3.8) is 0 Å². The first-order chi connectivity index (χ1) is 8.28. The average Bonchev–Trinajstić information content (AvgIpc) is 2.94. The van der Waals surface area contributed by atoms with Crippen LogP contribution < -0.4 is 4.90 Å². The van der Waals surface area contributed by atoms with Gasteiger partial charge in [0.05, 0.1) is 10.6 Å². The number of thiazole rings is 1. The Kier molecular flexibility index (Phi) is 4.15. The van der Waals surface area contributed by atoms with Crippen LogP contribution in [0.2, 0.25) is 0 Å². The van der Waals surface area contributed by atoms with Gasteiger partial charge in [0, 0.05) is 13.1 Å². The van der Waals surface area contributed by atoms with E-state index < -0.39 is 0 Å². The molecule has 1 saturated heterocycles. The maximum absolute atomic E-state index is 11.0. The van der Waals surface area contributed by atoms with Crippen molar-refractivity contribution < 1.29 is 4.79 Å². The van der Waals surface area contributed by atoms with Gasteiger partial charge in [-0.15, -0.1) is 0 Å². The van der Waals surface area contributed by atoms with E-state index in [1.54, 1.807) is 11.3 Å². The minimum Gasteiger partial charge on any atom is -0.348 e. The van der Waals surface area contributed by atoms with Crippen molar-refractivity contribution in [3.8, 4) is 0 Å². The van der Waals surface area contributed by atoms with Crippen LogP contribution in [0.1, 0.15) is 48.5 Å². The lowest BCUT2D eigenvalue weighted by molar-refractivity contribution is 0.112. The highest BCUT2D eigenvalue weighted by Crippen LogP contribution is 2.31. The van der Waals surface area contributed by atoms with E-state index in [9.17, 15) is 4.79 Å². The molecule has 0 bridgehead atoms. The monoisotopic (exact) mass is 252 g/mol. The van der Waals surface area contributed by atoms with Gasteiger partial charge in [-0.05, 0) is 18.8 Å². The summed E-state index contributed by atoms with van der Waals surface area (Å²) >= 11 is 1.56. The number of hydrogen-bond acceptors (Lipinski definition) is 4. The third-order valence-corrected chi connectivity index (χ3v) is 4.53. The van der Waals surface area contributed by atoms with Gasteiger partial charge in [-0.25, -0.2) is 4.98 Å². The molecule has 0 aromatic carbocycles. The molecular weight excluding hydrogens is 232 g/mol. The fraction of sp³-hybridized carbons (Fsp3) is 0.692. The van der Waals surface area contributed by atoms with Crippen molar-refractivity contribution in [2.75, 3.05) is 18.0 Å². The summed E-state index contributed by atoms with van der Waals surface area (Å²) in [6.07, 6.45) is 5.41. The highest BCUT2D eigenvalue weighted by atomic mass is 32.1. The first kappa shape index (κ1) is 12.6. The fourth-order valence-electron chi connectivity index (χ4n) is 2.33. The predicted octanol–water partition coefficient (Wildman–Crippen LogP) is 3.14. The van der Waals surface area contributed by atoms with Crippen LogP contribution in [0.25, 0.3) is 0 Å². The van der Waals surface area contributed by atoms with Crippen LogP contribution in [0.4, 0.5) is 5.13 Å². The summed E-state index contributed by atoms with van der Waals surface area (Å²) in [6, 6.07) is 0. The standard InChI is InChI=1S/C13H20N2OS/c1-3-5-11-12(9-16)17-13(14-11)15-7-6-10(4-2)8-15/h9-10H,3-8H2,1-2H3. The van der Waals surface area contributed by atoms with Gasteiger partial charge in [-0.2, -0.15) is 0 Å². The van der Waals surface area contributed by atoms with Crippen LogP contribution in [0, 0.1) is 5.92 Å². The zero-order valence-corrected chi connectivity index (χ0v) is 11.4. The number of aromatic nitrogens is 1. The summed E-state index contributed by atoms with van der Waals surface area (Å²) in [5.74, 6) is 0.799. The van der Waals surface area contributed by atoms with Crippen LogP contribution in [0.15, 0.2) is 0 Å². The third-order valence-electron chi connectivity index (χ3n) is 3.44. The molecular formula is C13H20N2OS. The van der Waals surface area contributed by atoms with E-state index in [0.29, 0.717) is 0 Å². The van der Waals surface area contributed by atoms with E-state index in [4.69, 9.17) is 0 Å². The van der Waals surface area contributed by atoms with E-state index in [-0.39, 0.29) is 0 Å². The first-order valence-corrected chi connectivity index (χ1v) is 7.29. The summed E-state index contributed by atoms with van der Waals surface area (Å²) in [6.45, 7) is 6.57. The summed E-state index contributed by atoms with van der Waals surface area (Å²) in [4.78, 5) is 18.8. The Morgan fingerprint density at radius 1 is 1.53 bits per heavy atom. The topological polar surface area (TPSA) is 33.2 Å². The first-order valence-electron chi connectivity index (χ1n) is 6.48. The Morgan fingerprint density at radius 2 is 2.35 bits per heavy atom. The molecule has 2 rings (SSSR count). The van der Waals surface area contributed by atoms with Crippen LogP contribution in [-0.4, -0.2) is 24.4 Å². The van der Waals surface area contributed by atoms with Crippen LogP contribution >= 0.6 is 11.3 Å². The molecule has 1 aromatic heterocycles. The summed E-state index contributed by atoms with van der Waals surface area (Å²) in [5, 5.41) is 1.05. The minimum absolute atomic E-state index is 0.799. The predicted molar refractivity (Wildman–Crippen MR) is 72.1 cm³/mol. The lowest BCUT2D eigenvalue weighted by Crippen LogP contribution is -2.19. The molecule has 1 fully saturated rings. The zero-order chi connectivity index (χ0) is 12.3. The normalized spacial score (nSPS) is 19.9.